The molecule has 0 aromatic carbocycles. The Morgan fingerprint density at radius 3 is 2.88 bits per heavy atom. The van der Waals surface area contributed by atoms with Crippen molar-refractivity contribution in [3.05, 3.63) is 11.6 Å². The number of aliphatic carboxylic acids is 1. The lowest BCUT2D eigenvalue weighted by Crippen LogP contribution is -2.27. The van der Waals surface area contributed by atoms with Gasteiger partial charge in [-0.15, -0.1) is 10.2 Å². The van der Waals surface area contributed by atoms with E-state index in [1.54, 1.807) is 0 Å². The molecule has 0 saturated heterocycles. The molecule has 5 heteroatoms. The fourth-order valence-electron chi connectivity index (χ4n) is 3.18. The molecular formula is C12H17N3O2. The Bertz CT molecular complexity index is 441. The highest BCUT2D eigenvalue weighted by Gasteiger charge is 2.36. The van der Waals surface area contributed by atoms with Gasteiger partial charge in [-0.2, -0.15) is 0 Å². The quantitative estimate of drug-likeness (QED) is 0.845. The second kappa shape index (κ2) is 4.13. The number of hydrogen-bond donors (Lipinski definition) is 1. The van der Waals surface area contributed by atoms with Crippen LogP contribution in [0.5, 0.6) is 0 Å². The third kappa shape index (κ3) is 1.73. The summed E-state index contributed by atoms with van der Waals surface area (Å²) >= 11 is 0. The summed E-state index contributed by atoms with van der Waals surface area (Å²) < 4.78 is 2.14. The van der Waals surface area contributed by atoms with Gasteiger partial charge in [-0.25, -0.2) is 0 Å². The van der Waals surface area contributed by atoms with Crippen LogP contribution in [-0.2, 0) is 17.8 Å². The summed E-state index contributed by atoms with van der Waals surface area (Å²) in [4.78, 5) is 11.3. The maximum absolute atomic E-state index is 11.3. The van der Waals surface area contributed by atoms with Crippen molar-refractivity contribution >= 4 is 5.97 Å². The first-order valence-electron chi connectivity index (χ1n) is 6.42. The van der Waals surface area contributed by atoms with E-state index in [2.05, 4.69) is 14.8 Å². The number of aromatic nitrogens is 3. The van der Waals surface area contributed by atoms with Gasteiger partial charge < -0.3 is 9.67 Å². The Morgan fingerprint density at radius 1 is 1.24 bits per heavy atom. The van der Waals surface area contributed by atoms with Crippen LogP contribution in [0.25, 0.3) is 0 Å². The summed E-state index contributed by atoms with van der Waals surface area (Å²) in [7, 11) is 0. The van der Waals surface area contributed by atoms with E-state index in [1.807, 2.05) is 0 Å². The van der Waals surface area contributed by atoms with Crippen LogP contribution in [0, 0.1) is 5.92 Å². The van der Waals surface area contributed by atoms with E-state index in [-0.39, 0.29) is 11.8 Å². The van der Waals surface area contributed by atoms with Crippen molar-refractivity contribution in [2.24, 2.45) is 5.92 Å². The molecule has 5 nitrogen and oxygen atoms in total. The molecule has 1 aliphatic heterocycles. The average molecular weight is 235 g/mol. The number of carboxylic acid groups (broad SMARTS) is 1. The predicted molar refractivity (Wildman–Crippen MR) is 60.7 cm³/mol. The first kappa shape index (κ1) is 10.7. The van der Waals surface area contributed by atoms with Gasteiger partial charge in [0.25, 0.3) is 0 Å². The van der Waals surface area contributed by atoms with E-state index < -0.39 is 5.97 Å². The third-order valence-corrected chi connectivity index (χ3v) is 4.05. The largest absolute Gasteiger partial charge is 0.481 e. The summed E-state index contributed by atoms with van der Waals surface area (Å²) in [6.07, 6.45) is 5.95. The molecule has 1 aromatic rings. The predicted octanol–water partition coefficient (Wildman–Crippen LogP) is 1.58. The van der Waals surface area contributed by atoms with Crippen molar-refractivity contribution in [1.29, 1.82) is 0 Å². The monoisotopic (exact) mass is 235 g/mol. The van der Waals surface area contributed by atoms with E-state index >= 15 is 0 Å². The lowest BCUT2D eigenvalue weighted by molar-refractivity contribution is -0.143. The highest BCUT2D eigenvalue weighted by atomic mass is 16.4. The summed E-state index contributed by atoms with van der Waals surface area (Å²) in [5.74, 6) is 1.09. The van der Waals surface area contributed by atoms with Crippen molar-refractivity contribution in [3.63, 3.8) is 0 Å². The van der Waals surface area contributed by atoms with Crippen LogP contribution < -0.4 is 0 Å². The van der Waals surface area contributed by atoms with Crippen LogP contribution >= 0.6 is 0 Å². The molecule has 1 fully saturated rings. The number of carboxylic acids is 1. The third-order valence-electron chi connectivity index (χ3n) is 4.05. The van der Waals surface area contributed by atoms with E-state index in [0.717, 1.165) is 56.7 Å². The highest BCUT2D eigenvalue weighted by Crippen LogP contribution is 2.38. The molecule has 1 N–H and O–H groups in total. The molecule has 2 atom stereocenters. The zero-order chi connectivity index (χ0) is 11.8. The smallest absolute Gasteiger partial charge is 0.307 e. The molecule has 2 aliphatic rings. The van der Waals surface area contributed by atoms with Crippen LogP contribution in [0.1, 0.15) is 49.7 Å². The second-order valence-electron chi connectivity index (χ2n) is 5.07. The number of aryl methyl sites for hydroxylation is 1. The molecule has 0 amide bonds. The van der Waals surface area contributed by atoms with Gasteiger partial charge in [-0.1, -0.05) is 12.8 Å². The number of hydrogen-bond acceptors (Lipinski definition) is 3. The number of fused-ring (bicyclic) bond motifs is 1. The van der Waals surface area contributed by atoms with E-state index in [4.69, 9.17) is 0 Å². The fourth-order valence-corrected chi connectivity index (χ4v) is 3.18. The molecule has 1 aromatic heterocycles. The second-order valence-corrected chi connectivity index (χ2v) is 5.07. The number of carbonyl (C=O) groups is 1. The Balaban J connectivity index is 1.93. The molecule has 3 rings (SSSR count). The number of rotatable bonds is 2. The van der Waals surface area contributed by atoms with Crippen LogP contribution in [-0.4, -0.2) is 25.8 Å². The minimum atomic E-state index is -0.676. The van der Waals surface area contributed by atoms with Crippen molar-refractivity contribution < 1.29 is 9.90 Å². The van der Waals surface area contributed by atoms with Crippen LogP contribution in [0.3, 0.4) is 0 Å². The first-order chi connectivity index (χ1) is 8.27. The van der Waals surface area contributed by atoms with E-state index in [0.29, 0.717) is 0 Å². The molecule has 17 heavy (non-hydrogen) atoms. The van der Waals surface area contributed by atoms with Crippen molar-refractivity contribution in [1.82, 2.24) is 14.8 Å². The molecular weight excluding hydrogens is 218 g/mol. The standard InChI is InChI=1S/C12H17N3O2/c16-12(17)9-5-2-1-4-8(9)11-14-13-10-6-3-7-15(10)11/h8-9H,1-7H2,(H,16,17). The Morgan fingerprint density at radius 2 is 2.06 bits per heavy atom. The summed E-state index contributed by atoms with van der Waals surface area (Å²) in [5.41, 5.74) is 0. The molecule has 0 bridgehead atoms. The molecule has 2 unspecified atom stereocenters. The maximum Gasteiger partial charge on any atom is 0.307 e. The average Bonchev–Trinajstić information content (AvgIpc) is 2.90. The van der Waals surface area contributed by atoms with Gasteiger partial charge in [-0.3, -0.25) is 4.79 Å². The van der Waals surface area contributed by atoms with Crippen LogP contribution in [0.15, 0.2) is 0 Å². The van der Waals surface area contributed by atoms with Crippen molar-refractivity contribution in [3.8, 4) is 0 Å². The fraction of sp³-hybridized carbons (Fsp3) is 0.750. The normalized spacial score (nSPS) is 28.0. The Labute approximate surface area is 99.9 Å². The van der Waals surface area contributed by atoms with E-state index in [1.165, 1.54) is 0 Å². The first-order valence-corrected chi connectivity index (χ1v) is 6.42. The van der Waals surface area contributed by atoms with Gasteiger partial charge in [0.15, 0.2) is 0 Å². The summed E-state index contributed by atoms with van der Waals surface area (Å²) in [6, 6.07) is 0. The van der Waals surface area contributed by atoms with Gasteiger partial charge in [0.2, 0.25) is 0 Å². The molecule has 2 heterocycles. The topological polar surface area (TPSA) is 68.0 Å². The summed E-state index contributed by atoms with van der Waals surface area (Å²) in [5, 5.41) is 17.7. The van der Waals surface area contributed by atoms with Crippen molar-refractivity contribution in [2.75, 3.05) is 0 Å². The van der Waals surface area contributed by atoms with Crippen molar-refractivity contribution in [2.45, 2.75) is 51.0 Å². The lowest BCUT2D eigenvalue weighted by Gasteiger charge is -2.27. The molecule has 0 radical (unpaired) electrons. The molecule has 1 saturated carbocycles. The van der Waals surface area contributed by atoms with E-state index in [9.17, 15) is 9.90 Å². The van der Waals surface area contributed by atoms with Gasteiger partial charge in [0.05, 0.1) is 5.92 Å². The zero-order valence-corrected chi connectivity index (χ0v) is 9.80. The highest BCUT2D eigenvalue weighted by molar-refractivity contribution is 5.71. The maximum atomic E-state index is 11.3. The van der Waals surface area contributed by atoms with Crippen LogP contribution in [0.2, 0.25) is 0 Å². The lowest BCUT2D eigenvalue weighted by atomic mass is 9.78. The minimum Gasteiger partial charge on any atom is -0.481 e. The van der Waals surface area contributed by atoms with Gasteiger partial charge >= 0.3 is 5.97 Å². The molecule has 0 spiro atoms. The Kier molecular flexibility index (Phi) is 2.61. The number of nitrogens with zero attached hydrogens (tertiary/aromatic N) is 3. The summed E-state index contributed by atoms with van der Waals surface area (Å²) in [6.45, 7) is 0.959. The van der Waals surface area contributed by atoms with Gasteiger partial charge in [-0.05, 0) is 19.3 Å². The Hall–Kier alpha value is -1.39. The SMILES string of the molecule is O=C(O)C1CCCCC1c1nnc2n1CCC2. The van der Waals surface area contributed by atoms with Gasteiger partial charge in [0, 0.05) is 18.9 Å². The molecule has 1 aliphatic carbocycles. The zero-order valence-electron chi connectivity index (χ0n) is 9.80. The molecule has 92 valence electrons. The van der Waals surface area contributed by atoms with Crippen LogP contribution in [0.4, 0.5) is 0 Å². The van der Waals surface area contributed by atoms with Gasteiger partial charge in [0.1, 0.15) is 11.6 Å². The minimum absolute atomic E-state index is 0.0700.